The zero-order valence-electron chi connectivity index (χ0n) is 11.7. The molecule has 0 amide bonds. The highest BCUT2D eigenvalue weighted by molar-refractivity contribution is 6.42. The molecule has 0 unspecified atom stereocenters. The molecule has 0 aliphatic rings. The van der Waals surface area contributed by atoms with Gasteiger partial charge in [0.2, 0.25) is 0 Å². The van der Waals surface area contributed by atoms with Gasteiger partial charge in [0.1, 0.15) is 11.6 Å². The van der Waals surface area contributed by atoms with Gasteiger partial charge in [-0.05, 0) is 30.5 Å². The average molecular weight is 310 g/mol. The summed E-state index contributed by atoms with van der Waals surface area (Å²) in [5.74, 6) is 1.57. The maximum atomic E-state index is 6.03. The molecule has 0 aliphatic carbocycles. The second-order valence-electron chi connectivity index (χ2n) is 5.10. The van der Waals surface area contributed by atoms with Crippen molar-refractivity contribution in [3.05, 3.63) is 50.9 Å². The number of nitrogens with zero attached hydrogens (tertiary/aromatic N) is 2. The minimum atomic E-state index is 0.314. The van der Waals surface area contributed by atoms with Crippen LogP contribution in [0.4, 0.5) is 5.82 Å². The van der Waals surface area contributed by atoms with E-state index in [1.165, 1.54) is 0 Å². The fourth-order valence-corrected chi connectivity index (χ4v) is 2.61. The lowest BCUT2D eigenvalue weighted by molar-refractivity contribution is 0.817. The second kappa shape index (κ2) is 5.98. The quantitative estimate of drug-likeness (QED) is 0.915. The van der Waals surface area contributed by atoms with Crippen LogP contribution in [0.3, 0.4) is 0 Å². The van der Waals surface area contributed by atoms with Crippen LogP contribution in [-0.4, -0.2) is 9.97 Å². The molecule has 1 aromatic carbocycles. The maximum Gasteiger partial charge on any atom is 0.135 e. The molecule has 2 rings (SSSR count). The molecular formula is C15H17Cl2N3. The smallest absolute Gasteiger partial charge is 0.135 e. The lowest BCUT2D eigenvalue weighted by atomic mass is 10.0. The fourth-order valence-electron chi connectivity index (χ4n) is 2.29. The van der Waals surface area contributed by atoms with Crippen molar-refractivity contribution in [3.8, 4) is 0 Å². The summed E-state index contributed by atoms with van der Waals surface area (Å²) >= 11 is 11.9. The number of anilines is 1. The Balaban J connectivity index is 2.32. The standard InChI is InChI=1S/C15H17Cl2N3/c1-8(2)14-9(3)19-13(20-15(14)18)7-10-4-5-11(16)12(17)6-10/h4-6,8H,7H2,1-3H3,(H2,18,19,20). The van der Waals surface area contributed by atoms with E-state index in [-0.39, 0.29) is 0 Å². The largest absolute Gasteiger partial charge is 0.383 e. The molecule has 0 radical (unpaired) electrons. The van der Waals surface area contributed by atoms with Crippen molar-refractivity contribution in [1.82, 2.24) is 9.97 Å². The number of aryl methyl sites for hydroxylation is 1. The van der Waals surface area contributed by atoms with Crippen molar-refractivity contribution in [3.63, 3.8) is 0 Å². The number of nitrogens with two attached hydrogens (primary N) is 1. The van der Waals surface area contributed by atoms with Gasteiger partial charge in [0.05, 0.1) is 10.0 Å². The first-order valence-electron chi connectivity index (χ1n) is 6.45. The van der Waals surface area contributed by atoms with Gasteiger partial charge in [-0.2, -0.15) is 0 Å². The van der Waals surface area contributed by atoms with Gasteiger partial charge in [-0.1, -0.05) is 43.1 Å². The number of nitrogen functional groups attached to an aromatic ring is 1. The third-order valence-corrected chi connectivity index (χ3v) is 3.87. The Morgan fingerprint density at radius 1 is 1.15 bits per heavy atom. The average Bonchev–Trinajstić information content (AvgIpc) is 2.32. The SMILES string of the molecule is Cc1nc(Cc2ccc(Cl)c(Cl)c2)nc(N)c1C(C)C. The number of benzene rings is 1. The van der Waals surface area contributed by atoms with Crippen LogP contribution in [0.2, 0.25) is 10.0 Å². The van der Waals surface area contributed by atoms with Gasteiger partial charge in [0, 0.05) is 17.7 Å². The molecule has 0 fully saturated rings. The predicted molar refractivity (Wildman–Crippen MR) is 84.5 cm³/mol. The molecule has 106 valence electrons. The molecule has 0 bridgehead atoms. The van der Waals surface area contributed by atoms with Crippen LogP contribution in [0.1, 0.15) is 42.4 Å². The zero-order valence-corrected chi connectivity index (χ0v) is 13.3. The highest BCUT2D eigenvalue weighted by atomic mass is 35.5. The van der Waals surface area contributed by atoms with Gasteiger partial charge >= 0.3 is 0 Å². The molecule has 5 heteroatoms. The van der Waals surface area contributed by atoms with E-state index >= 15 is 0 Å². The molecule has 0 aliphatic heterocycles. The van der Waals surface area contributed by atoms with Crippen molar-refractivity contribution in [1.29, 1.82) is 0 Å². The number of hydrogen-bond acceptors (Lipinski definition) is 3. The minimum Gasteiger partial charge on any atom is -0.383 e. The summed E-state index contributed by atoms with van der Waals surface area (Å²) in [5, 5.41) is 1.08. The Morgan fingerprint density at radius 2 is 1.85 bits per heavy atom. The first-order chi connectivity index (χ1) is 9.38. The van der Waals surface area contributed by atoms with Crippen LogP contribution in [0, 0.1) is 6.92 Å². The maximum absolute atomic E-state index is 6.03. The van der Waals surface area contributed by atoms with E-state index in [2.05, 4.69) is 23.8 Å². The van der Waals surface area contributed by atoms with Crippen LogP contribution in [-0.2, 0) is 6.42 Å². The monoisotopic (exact) mass is 309 g/mol. The summed E-state index contributed by atoms with van der Waals surface area (Å²) in [5.41, 5.74) is 8.99. The van der Waals surface area contributed by atoms with E-state index in [0.717, 1.165) is 16.8 Å². The van der Waals surface area contributed by atoms with Crippen molar-refractivity contribution >= 4 is 29.0 Å². The van der Waals surface area contributed by atoms with Crippen LogP contribution < -0.4 is 5.73 Å². The fraction of sp³-hybridized carbons (Fsp3) is 0.333. The Labute approximate surface area is 129 Å². The van der Waals surface area contributed by atoms with Crippen molar-refractivity contribution in [2.75, 3.05) is 5.73 Å². The third-order valence-electron chi connectivity index (χ3n) is 3.14. The normalized spacial score (nSPS) is 11.1. The highest BCUT2D eigenvalue weighted by Crippen LogP contribution is 2.25. The molecule has 0 spiro atoms. The Kier molecular flexibility index (Phi) is 4.51. The number of aromatic nitrogens is 2. The lowest BCUT2D eigenvalue weighted by Crippen LogP contribution is -2.09. The topological polar surface area (TPSA) is 51.8 Å². The van der Waals surface area contributed by atoms with E-state index < -0.39 is 0 Å². The molecule has 0 atom stereocenters. The van der Waals surface area contributed by atoms with Gasteiger partial charge in [-0.3, -0.25) is 0 Å². The van der Waals surface area contributed by atoms with Gasteiger partial charge in [0.25, 0.3) is 0 Å². The van der Waals surface area contributed by atoms with Crippen molar-refractivity contribution in [2.24, 2.45) is 0 Å². The lowest BCUT2D eigenvalue weighted by Gasteiger charge is -2.13. The van der Waals surface area contributed by atoms with Gasteiger partial charge in [0.15, 0.2) is 0 Å². The first kappa shape index (κ1) is 15.1. The molecule has 2 aromatic rings. The van der Waals surface area contributed by atoms with Crippen molar-refractivity contribution < 1.29 is 0 Å². The second-order valence-corrected chi connectivity index (χ2v) is 5.92. The summed E-state index contributed by atoms with van der Waals surface area (Å²) in [6, 6.07) is 5.52. The summed E-state index contributed by atoms with van der Waals surface area (Å²) < 4.78 is 0. The number of hydrogen-bond donors (Lipinski definition) is 1. The molecular weight excluding hydrogens is 293 g/mol. The molecule has 0 saturated heterocycles. The van der Waals surface area contributed by atoms with Crippen LogP contribution >= 0.6 is 23.2 Å². The summed E-state index contributed by atoms with van der Waals surface area (Å²) in [7, 11) is 0. The van der Waals surface area contributed by atoms with E-state index in [1.807, 2.05) is 19.1 Å². The highest BCUT2D eigenvalue weighted by Gasteiger charge is 2.13. The molecule has 3 nitrogen and oxygen atoms in total. The summed E-state index contributed by atoms with van der Waals surface area (Å²) in [6.45, 7) is 6.13. The predicted octanol–water partition coefficient (Wildman–Crippen LogP) is 4.39. The van der Waals surface area contributed by atoms with Gasteiger partial charge in [-0.25, -0.2) is 9.97 Å². The Hall–Kier alpha value is -1.32. The molecule has 20 heavy (non-hydrogen) atoms. The molecule has 0 saturated carbocycles. The number of halogens is 2. The van der Waals surface area contributed by atoms with Crippen molar-refractivity contribution in [2.45, 2.75) is 33.1 Å². The Morgan fingerprint density at radius 3 is 2.40 bits per heavy atom. The molecule has 2 N–H and O–H groups in total. The third kappa shape index (κ3) is 3.22. The van der Waals surface area contributed by atoms with E-state index in [9.17, 15) is 0 Å². The van der Waals surface area contributed by atoms with E-state index in [1.54, 1.807) is 6.07 Å². The first-order valence-corrected chi connectivity index (χ1v) is 7.21. The minimum absolute atomic E-state index is 0.314. The van der Waals surface area contributed by atoms with Gasteiger partial charge in [-0.15, -0.1) is 0 Å². The van der Waals surface area contributed by atoms with E-state index in [0.29, 0.717) is 34.0 Å². The number of rotatable bonds is 3. The summed E-state index contributed by atoms with van der Waals surface area (Å²) in [6.07, 6.45) is 0.584. The van der Waals surface area contributed by atoms with Crippen LogP contribution in [0.15, 0.2) is 18.2 Å². The molecule has 1 aromatic heterocycles. The van der Waals surface area contributed by atoms with Gasteiger partial charge < -0.3 is 5.73 Å². The van der Waals surface area contributed by atoms with E-state index in [4.69, 9.17) is 28.9 Å². The van der Waals surface area contributed by atoms with Crippen LogP contribution in [0.25, 0.3) is 0 Å². The molecule has 1 heterocycles. The zero-order chi connectivity index (χ0) is 14.9. The van der Waals surface area contributed by atoms with Crippen LogP contribution in [0.5, 0.6) is 0 Å². The summed E-state index contributed by atoms with van der Waals surface area (Å²) in [4.78, 5) is 8.93. The Bertz CT molecular complexity index is 616.